The van der Waals surface area contributed by atoms with E-state index in [1.165, 1.54) is 0 Å². The quantitative estimate of drug-likeness (QED) is 0.435. The van der Waals surface area contributed by atoms with Crippen LogP contribution < -0.4 is 14.8 Å². The summed E-state index contributed by atoms with van der Waals surface area (Å²) in [6.07, 6.45) is 0.984. The number of methoxy groups -OCH3 is 2. The van der Waals surface area contributed by atoms with Crippen LogP contribution in [0.4, 0.5) is 0 Å². The number of rotatable bonds is 6. The van der Waals surface area contributed by atoms with E-state index in [9.17, 15) is 9.59 Å². The highest BCUT2D eigenvalue weighted by molar-refractivity contribution is 6.05. The Morgan fingerprint density at radius 1 is 0.973 bits per heavy atom. The number of hydrogen-bond acceptors (Lipinski definition) is 6. The van der Waals surface area contributed by atoms with Gasteiger partial charge in [0.15, 0.2) is 17.3 Å². The molecular formula is C31H31NO5. The first kappa shape index (κ1) is 24.6. The van der Waals surface area contributed by atoms with Gasteiger partial charge in [0.1, 0.15) is 0 Å². The standard InChI is InChI=1S/C31H31NO5/c1-5-37-31(34)28-18(2)32-24-15-21(20-13-14-26(35-3)27(17-20)36-4)16-25(33)30(24)29(28)23-12-8-10-19-9-6-7-11-22(19)23/h6-14,17,21,29,32H,5,15-16H2,1-4H3/t21-,29-/m1/s1. The van der Waals surface area contributed by atoms with E-state index in [4.69, 9.17) is 14.2 Å². The van der Waals surface area contributed by atoms with Crippen LogP contribution in [0.25, 0.3) is 10.8 Å². The molecule has 190 valence electrons. The highest BCUT2D eigenvalue weighted by Crippen LogP contribution is 2.47. The first-order chi connectivity index (χ1) is 18.0. The Morgan fingerprint density at radius 3 is 2.49 bits per heavy atom. The van der Waals surface area contributed by atoms with E-state index in [1.807, 2.05) is 67.6 Å². The van der Waals surface area contributed by atoms with E-state index < -0.39 is 11.9 Å². The molecule has 2 atom stereocenters. The van der Waals surface area contributed by atoms with Crippen LogP contribution in [0, 0.1) is 0 Å². The fourth-order valence-electron chi connectivity index (χ4n) is 5.67. The van der Waals surface area contributed by atoms with Crippen molar-refractivity contribution in [2.45, 2.75) is 38.5 Å². The van der Waals surface area contributed by atoms with Gasteiger partial charge in [0.05, 0.1) is 26.4 Å². The summed E-state index contributed by atoms with van der Waals surface area (Å²) in [5.41, 5.74) is 4.68. The van der Waals surface area contributed by atoms with Crippen molar-refractivity contribution in [3.8, 4) is 11.5 Å². The van der Waals surface area contributed by atoms with E-state index >= 15 is 0 Å². The molecule has 1 aliphatic carbocycles. The molecule has 3 aromatic rings. The fraction of sp³-hybridized carbons (Fsp3) is 0.290. The molecule has 0 unspecified atom stereocenters. The molecule has 2 aliphatic rings. The smallest absolute Gasteiger partial charge is 0.336 e. The zero-order chi connectivity index (χ0) is 26.1. The summed E-state index contributed by atoms with van der Waals surface area (Å²) < 4.78 is 16.4. The number of carbonyl (C=O) groups is 2. The third-order valence-electron chi connectivity index (χ3n) is 7.34. The topological polar surface area (TPSA) is 73.9 Å². The van der Waals surface area contributed by atoms with Gasteiger partial charge in [-0.2, -0.15) is 0 Å². The Balaban J connectivity index is 1.63. The predicted molar refractivity (Wildman–Crippen MR) is 143 cm³/mol. The summed E-state index contributed by atoms with van der Waals surface area (Å²) in [6, 6.07) is 19.9. The Bertz CT molecular complexity index is 1450. The minimum absolute atomic E-state index is 0.0244. The lowest BCUT2D eigenvalue weighted by molar-refractivity contribution is -0.138. The monoisotopic (exact) mass is 497 g/mol. The van der Waals surface area contributed by atoms with Gasteiger partial charge in [0.2, 0.25) is 0 Å². The number of ether oxygens (including phenoxy) is 3. The average Bonchev–Trinajstić information content (AvgIpc) is 2.91. The maximum Gasteiger partial charge on any atom is 0.336 e. The number of allylic oxidation sites excluding steroid dienone is 3. The predicted octanol–water partition coefficient (Wildman–Crippen LogP) is 5.78. The second-order valence-electron chi connectivity index (χ2n) is 9.42. The molecule has 0 amide bonds. The number of esters is 1. The number of ketones is 1. The molecule has 0 bridgehead atoms. The first-order valence-electron chi connectivity index (χ1n) is 12.6. The molecule has 1 N–H and O–H groups in total. The van der Waals surface area contributed by atoms with Crippen molar-refractivity contribution in [2.75, 3.05) is 20.8 Å². The van der Waals surface area contributed by atoms with Crippen LogP contribution in [0.3, 0.4) is 0 Å². The number of nitrogens with one attached hydrogen (secondary N) is 1. The SMILES string of the molecule is CCOC(=O)C1=C(C)NC2=C(C(=O)C[C@H](c3ccc(OC)c(OC)c3)C2)[C@@H]1c1cccc2ccccc12. The van der Waals surface area contributed by atoms with Crippen LogP contribution in [-0.2, 0) is 14.3 Å². The largest absolute Gasteiger partial charge is 0.493 e. The molecule has 0 spiro atoms. The molecular weight excluding hydrogens is 466 g/mol. The highest BCUT2D eigenvalue weighted by atomic mass is 16.5. The second kappa shape index (κ2) is 10.1. The summed E-state index contributed by atoms with van der Waals surface area (Å²) in [5, 5.41) is 5.50. The number of Topliss-reactive ketones (excluding diaryl/α,β-unsaturated/α-hetero) is 1. The normalized spacial score (nSPS) is 19.4. The van der Waals surface area contributed by atoms with Gasteiger partial charge in [-0.15, -0.1) is 0 Å². The highest BCUT2D eigenvalue weighted by Gasteiger charge is 2.42. The minimum Gasteiger partial charge on any atom is -0.493 e. The van der Waals surface area contributed by atoms with Crippen molar-refractivity contribution in [1.82, 2.24) is 5.32 Å². The zero-order valence-electron chi connectivity index (χ0n) is 21.6. The Labute approximate surface area is 216 Å². The Morgan fingerprint density at radius 2 is 1.73 bits per heavy atom. The van der Waals surface area contributed by atoms with Crippen LogP contribution >= 0.6 is 0 Å². The molecule has 0 aromatic heterocycles. The molecule has 3 aromatic carbocycles. The van der Waals surface area contributed by atoms with Crippen LogP contribution in [0.5, 0.6) is 11.5 Å². The van der Waals surface area contributed by atoms with Crippen molar-refractivity contribution >= 4 is 22.5 Å². The van der Waals surface area contributed by atoms with Crippen LogP contribution in [0.2, 0.25) is 0 Å². The molecule has 1 aliphatic heterocycles. The van der Waals surface area contributed by atoms with Crippen molar-refractivity contribution in [3.05, 3.63) is 94.3 Å². The number of carbonyl (C=O) groups excluding carboxylic acids is 2. The maximum atomic E-state index is 13.9. The summed E-state index contributed by atoms with van der Waals surface area (Å²) in [7, 11) is 3.21. The van der Waals surface area contributed by atoms with E-state index in [1.54, 1.807) is 21.1 Å². The molecule has 0 radical (unpaired) electrons. The average molecular weight is 498 g/mol. The molecule has 0 saturated heterocycles. The van der Waals surface area contributed by atoms with E-state index in [0.717, 1.165) is 33.3 Å². The van der Waals surface area contributed by atoms with Crippen LogP contribution in [-0.4, -0.2) is 32.6 Å². The van der Waals surface area contributed by atoms with E-state index in [-0.39, 0.29) is 18.3 Å². The summed E-state index contributed by atoms with van der Waals surface area (Å²) in [6.45, 7) is 3.94. The lowest BCUT2D eigenvalue weighted by Crippen LogP contribution is -2.36. The summed E-state index contributed by atoms with van der Waals surface area (Å²) in [5.74, 6) is 0.396. The van der Waals surface area contributed by atoms with Gasteiger partial charge in [-0.25, -0.2) is 4.79 Å². The van der Waals surface area contributed by atoms with Crippen molar-refractivity contribution in [2.24, 2.45) is 0 Å². The van der Waals surface area contributed by atoms with Gasteiger partial charge in [-0.3, -0.25) is 4.79 Å². The Hall–Kier alpha value is -4.06. The van der Waals surface area contributed by atoms with Crippen molar-refractivity contribution in [3.63, 3.8) is 0 Å². The van der Waals surface area contributed by atoms with Gasteiger partial charge in [0, 0.05) is 29.3 Å². The third kappa shape index (κ3) is 4.37. The summed E-state index contributed by atoms with van der Waals surface area (Å²) >= 11 is 0. The lowest BCUT2D eigenvalue weighted by atomic mass is 9.71. The van der Waals surface area contributed by atoms with Gasteiger partial charge >= 0.3 is 5.97 Å². The molecule has 6 nitrogen and oxygen atoms in total. The van der Waals surface area contributed by atoms with Crippen molar-refractivity contribution in [1.29, 1.82) is 0 Å². The Kier molecular flexibility index (Phi) is 6.74. The van der Waals surface area contributed by atoms with E-state index in [2.05, 4.69) is 5.32 Å². The first-order valence-corrected chi connectivity index (χ1v) is 12.6. The van der Waals surface area contributed by atoms with Gasteiger partial charge in [-0.1, -0.05) is 48.5 Å². The molecule has 37 heavy (non-hydrogen) atoms. The van der Waals surface area contributed by atoms with Crippen LogP contribution in [0.1, 0.15) is 49.7 Å². The van der Waals surface area contributed by atoms with Gasteiger partial charge in [0.25, 0.3) is 0 Å². The molecule has 1 heterocycles. The number of dihydropyridines is 1. The molecule has 0 saturated carbocycles. The van der Waals surface area contributed by atoms with E-state index in [0.29, 0.717) is 35.5 Å². The lowest BCUT2D eigenvalue weighted by Gasteiger charge is -2.37. The van der Waals surface area contributed by atoms with Crippen molar-refractivity contribution < 1.29 is 23.8 Å². The molecule has 6 heteroatoms. The third-order valence-corrected chi connectivity index (χ3v) is 7.34. The second-order valence-corrected chi connectivity index (χ2v) is 9.42. The zero-order valence-corrected chi connectivity index (χ0v) is 21.6. The fourth-order valence-corrected chi connectivity index (χ4v) is 5.67. The molecule has 5 rings (SSSR count). The maximum absolute atomic E-state index is 13.9. The molecule has 0 fully saturated rings. The number of benzene rings is 3. The number of hydrogen-bond donors (Lipinski definition) is 1. The van der Waals surface area contributed by atoms with Crippen LogP contribution in [0.15, 0.2) is 83.2 Å². The summed E-state index contributed by atoms with van der Waals surface area (Å²) in [4.78, 5) is 27.2. The van der Waals surface area contributed by atoms with Gasteiger partial charge < -0.3 is 19.5 Å². The minimum atomic E-state index is -0.500. The van der Waals surface area contributed by atoms with Gasteiger partial charge in [-0.05, 0) is 60.2 Å². The number of fused-ring (bicyclic) bond motifs is 1.